The van der Waals surface area contributed by atoms with Crippen LogP contribution in [0.4, 0.5) is 0 Å². The van der Waals surface area contributed by atoms with Crippen molar-refractivity contribution in [2.45, 2.75) is 53.4 Å². The van der Waals surface area contributed by atoms with Gasteiger partial charge in [-0.3, -0.25) is 0 Å². The van der Waals surface area contributed by atoms with Crippen LogP contribution >= 0.6 is 11.3 Å². The van der Waals surface area contributed by atoms with E-state index in [0.717, 1.165) is 50.8 Å². The van der Waals surface area contributed by atoms with Gasteiger partial charge in [-0.15, -0.1) is 11.3 Å². The van der Waals surface area contributed by atoms with E-state index in [4.69, 9.17) is 13.8 Å². The summed E-state index contributed by atoms with van der Waals surface area (Å²) in [4.78, 5) is 9.28. The largest absolute Gasteiger partial charge is 0.460 e. The van der Waals surface area contributed by atoms with Gasteiger partial charge in [0.1, 0.15) is 23.3 Å². The first kappa shape index (κ1) is 21.4. The number of fused-ring (bicyclic) bond motifs is 6. The average molecular weight is 469 g/mol. The summed E-state index contributed by atoms with van der Waals surface area (Å²) < 4.78 is 14.1. The highest BCUT2D eigenvalue weighted by molar-refractivity contribution is 7.17. The van der Waals surface area contributed by atoms with Gasteiger partial charge in [-0.05, 0) is 70.5 Å². The lowest BCUT2D eigenvalue weighted by Gasteiger charge is -2.21. The Hall–Kier alpha value is -3.18. The summed E-state index contributed by atoms with van der Waals surface area (Å²) in [6.45, 7) is 13.4. The molecule has 4 nitrogen and oxygen atoms in total. The Labute approximate surface area is 202 Å². The smallest absolute Gasteiger partial charge is 0.231 e. The first-order valence-electron chi connectivity index (χ1n) is 11.8. The van der Waals surface area contributed by atoms with Crippen molar-refractivity contribution in [2.75, 3.05) is 0 Å². The first-order chi connectivity index (χ1) is 16.2. The maximum atomic E-state index is 6.50. The van der Waals surface area contributed by atoms with E-state index in [-0.39, 0.29) is 5.41 Å². The number of rotatable bonds is 3. The number of nitrogens with zero attached hydrogens (tertiary/aromatic N) is 2. The van der Waals surface area contributed by atoms with E-state index in [2.05, 4.69) is 76.2 Å². The van der Waals surface area contributed by atoms with Gasteiger partial charge < -0.3 is 8.83 Å². The van der Waals surface area contributed by atoms with Gasteiger partial charge in [0.25, 0.3) is 0 Å². The Bertz CT molecular complexity index is 1710. The molecule has 0 aliphatic rings. The Balaban J connectivity index is 1.71. The molecule has 5 heteroatoms. The molecule has 0 bridgehead atoms. The number of hydrogen-bond acceptors (Lipinski definition) is 5. The van der Waals surface area contributed by atoms with E-state index in [0.29, 0.717) is 11.6 Å². The highest BCUT2D eigenvalue weighted by Crippen LogP contribution is 2.43. The third kappa shape index (κ3) is 3.17. The van der Waals surface area contributed by atoms with E-state index in [1.807, 2.05) is 6.07 Å². The van der Waals surface area contributed by atoms with Gasteiger partial charge in [-0.1, -0.05) is 34.6 Å². The van der Waals surface area contributed by atoms with Crippen molar-refractivity contribution in [1.29, 1.82) is 0 Å². The lowest BCUT2D eigenvalue weighted by molar-refractivity contribution is 0.498. The van der Waals surface area contributed by atoms with Crippen molar-refractivity contribution < 1.29 is 8.83 Å². The third-order valence-corrected chi connectivity index (χ3v) is 7.63. The lowest BCUT2D eigenvalue weighted by atomic mass is 9.85. The molecule has 4 heterocycles. The van der Waals surface area contributed by atoms with Gasteiger partial charge in [-0.25, -0.2) is 9.97 Å². The van der Waals surface area contributed by atoms with E-state index < -0.39 is 0 Å². The van der Waals surface area contributed by atoms with E-state index in [1.165, 1.54) is 21.2 Å². The molecule has 0 spiro atoms. The Morgan fingerprint density at radius 1 is 1.00 bits per heavy atom. The van der Waals surface area contributed by atoms with Crippen molar-refractivity contribution >= 4 is 54.5 Å². The molecule has 0 fully saturated rings. The maximum Gasteiger partial charge on any atom is 0.231 e. The normalized spacial score (nSPS) is 12.8. The zero-order valence-corrected chi connectivity index (χ0v) is 21.3. The Morgan fingerprint density at radius 2 is 1.82 bits per heavy atom. The lowest BCUT2D eigenvalue weighted by Crippen LogP contribution is -2.11. The van der Waals surface area contributed by atoms with Crippen LogP contribution in [0.3, 0.4) is 0 Å². The molecule has 0 saturated carbocycles. The van der Waals surface area contributed by atoms with E-state index in [9.17, 15) is 0 Å². The molecule has 6 rings (SSSR count). The van der Waals surface area contributed by atoms with Gasteiger partial charge >= 0.3 is 0 Å². The fraction of sp³-hybridized carbons (Fsp3) is 0.310. The zero-order chi connectivity index (χ0) is 23.8. The highest BCUT2D eigenvalue weighted by atomic mass is 32.1. The maximum absolute atomic E-state index is 6.50. The molecule has 0 saturated heterocycles. The monoisotopic (exact) mass is 468 g/mol. The number of aryl methyl sites for hydroxylation is 1. The quantitative estimate of drug-likeness (QED) is 0.260. The molecule has 0 radical (unpaired) electrons. The second-order valence-electron chi connectivity index (χ2n) is 10.7. The van der Waals surface area contributed by atoms with Crippen LogP contribution in [0.25, 0.3) is 54.4 Å². The van der Waals surface area contributed by atoms with Crippen molar-refractivity contribution in [3.05, 3.63) is 58.9 Å². The van der Waals surface area contributed by atoms with Crippen LogP contribution in [0.15, 0.2) is 50.9 Å². The minimum atomic E-state index is 0.0147. The molecular weight excluding hydrogens is 440 g/mol. The second kappa shape index (κ2) is 7.41. The van der Waals surface area contributed by atoms with E-state index >= 15 is 0 Å². The predicted molar refractivity (Wildman–Crippen MR) is 142 cm³/mol. The average Bonchev–Trinajstić information content (AvgIpc) is 3.47. The summed E-state index contributed by atoms with van der Waals surface area (Å²) in [5.74, 6) is 1.56. The highest BCUT2D eigenvalue weighted by Gasteiger charge is 2.24. The molecular formula is C29H28N2O2S. The summed E-state index contributed by atoms with van der Waals surface area (Å²) >= 11 is 1.80. The summed E-state index contributed by atoms with van der Waals surface area (Å²) in [7, 11) is 0. The predicted octanol–water partition coefficient (Wildman–Crippen LogP) is 8.81. The third-order valence-electron chi connectivity index (χ3n) is 6.66. The minimum absolute atomic E-state index is 0.0147. The van der Waals surface area contributed by atoms with Crippen LogP contribution in [-0.2, 0) is 11.8 Å². The van der Waals surface area contributed by atoms with Crippen LogP contribution in [0, 0.1) is 12.8 Å². The standard InChI is InChI=1S/C29H28N2O2S/c1-15(2)11-22-16(3)19-7-8-21-23(26(19)32-22)24-25(30-14-31-28(24)33-21)18-12-17-9-10-34-27(17)20(13-18)29(4,5)6/h7-10,12-15H,11H2,1-6H3. The van der Waals surface area contributed by atoms with Crippen LogP contribution in [0.2, 0.25) is 0 Å². The fourth-order valence-electron chi connectivity index (χ4n) is 4.97. The van der Waals surface area contributed by atoms with Gasteiger partial charge in [0.15, 0.2) is 0 Å². The fourth-order valence-corrected chi connectivity index (χ4v) is 6.08. The summed E-state index contributed by atoms with van der Waals surface area (Å²) in [5, 5.41) is 6.42. The van der Waals surface area contributed by atoms with Gasteiger partial charge in [0.2, 0.25) is 5.71 Å². The molecule has 0 amide bonds. The number of benzene rings is 2. The summed E-state index contributed by atoms with van der Waals surface area (Å²) in [6.07, 6.45) is 2.51. The number of thiophene rings is 1. The molecule has 34 heavy (non-hydrogen) atoms. The second-order valence-corrected chi connectivity index (χ2v) is 11.6. The molecule has 0 aliphatic carbocycles. The molecule has 4 aromatic heterocycles. The minimum Gasteiger partial charge on any atom is -0.460 e. The van der Waals surface area contributed by atoms with Crippen LogP contribution < -0.4 is 0 Å². The molecule has 2 aromatic carbocycles. The van der Waals surface area contributed by atoms with Crippen molar-refractivity contribution in [1.82, 2.24) is 9.97 Å². The zero-order valence-electron chi connectivity index (χ0n) is 20.4. The molecule has 6 aromatic rings. The number of furan rings is 2. The van der Waals surface area contributed by atoms with Crippen LogP contribution in [-0.4, -0.2) is 9.97 Å². The molecule has 0 N–H and O–H groups in total. The number of hydrogen-bond donors (Lipinski definition) is 0. The Kier molecular flexibility index (Phi) is 4.65. The SMILES string of the molecule is Cc1c(CC(C)C)oc2c1ccc1oc3ncnc(-c4cc(C(C)(C)C)c5sccc5c4)c3c12. The molecule has 0 atom stereocenters. The number of aromatic nitrogens is 2. The summed E-state index contributed by atoms with van der Waals surface area (Å²) in [6, 6.07) is 10.9. The Morgan fingerprint density at radius 3 is 2.59 bits per heavy atom. The van der Waals surface area contributed by atoms with Crippen LogP contribution in [0.1, 0.15) is 51.5 Å². The van der Waals surface area contributed by atoms with Crippen molar-refractivity contribution in [3.8, 4) is 11.3 Å². The van der Waals surface area contributed by atoms with Gasteiger partial charge in [-0.2, -0.15) is 0 Å². The van der Waals surface area contributed by atoms with Crippen LogP contribution in [0.5, 0.6) is 0 Å². The van der Waals surface area contributed by atoms with Gasteiger partial charge in [0.05, 0.1) is 16.5 Å². The summed E-state index contributed by atoms with van der Waals surface area (Å²) in [5.41, 5.74) is 6.74. The van der Waals surface area contributed by atoms with Crippen molar-refractivity contribution in [2.24, 2.45) is 5.92 Å². The van der Waals surface area contributed by atoms with E-state index in [1.54, 1.807) is 17.7 Å². The topological polar surface area (TPSA) is 52.1 Å². The molecule has 172 valence electrons. The molecule has 0 unspecified atom stereocenters. The van der Waals surface area contributed by atoms with Gasteiger partial charge in [0, 0.05) is 22.1 Å². The molecule has 0 aliphatic heterocycles. The van der Waals surface area contributed by atoms with Crippen molar-refractivity contribution in [3.63, 3.8) is 0 Å². The first-order valence-corrected chi connectivity index (χ1v) is 12.7.